The molecule has 1 aromatic rings. The molecule has 0 amide bonds. The highest BCUT2D eigenvalue weighted by Crippen LogP contribution is 2.45. The second-order valence-electron chi connectivity index (χ2n) is 6.35. The van der Waals surface area contributed by atoms with Crippen molar-refractivity contribution in [3.05, 3.63) is 51.2 Å². The Balaban J connectivity index is 2.77. The van der Waals surface area contributed by atoms with E-state index >= 15 is 0 Å². The molecule has 2 rings (SSSR count). The molecule has 1 heterocycles. The lowest BCUT2D eigenvalue weighted by molar-refractivity contribution is -0.384. The van der Waals surface area contributed by atoms with Gasteiger partial charge in [-0.15, -0.1) is 0 Å². The van der Waals surface area contributed by atoms with E-state index in [9.17, 15) is 24.8 Å². The van der Waals surface area contributed by atoms with Gasteiger partial charge in [-0.2, -0.15) is 0 Å². The molecule has 3 unspecified atom stereocenters. The number of ether oxygens (including phenoxy) is 1. The second kappa shape index (κ2) is 7.60. The summed E-state index contributed by atoms with van der Waals surface area (Å²) in [7, 11) is 1.22. The molecule has 3 atom stereocenters. The van der Waals surface area contributed by atoms with E-state index in [2.05, 4.69) is 27.9 Å². The van der Waals surface area contributed by atoms with Crippen LogP contribution in [0, 0.1) is 16.0 Å². The number of rotatable bonds is 5. The molecule has 2 N–H and O–H groups in total. The predicted octanol–water partition coefficient (Wildman–Crippen LogP) is 2.62. The lowest BCUT2D eigenvalue weighted by Crippen LogP contribution is -2.58. The number of carboxylic acids is 1. The van der Waals surface area contributed by atoms with Gasteiger partial charge in [0.15, 0.2) is 0 Å². The molecule has 26 heavy (non-hydrogen) atoms. The zero-order valence-corrected chi connectivity index (χ0v) is 16.6. The Hall–Kier alpha value is -2.17. The number of nitro benzene ring substituents is 1. The number of alkyl halides is 1. The van der Waals surface area contributed by atoms with Crippen molar-refractivity contribution in [2.75, 3.05) is 11.5 Å². The molecule has 1 aliphatic rings. The fourth-order valence-electron chi connectivity index (χ4n) is 3.45. The maximum absolute atomic E-state index is 12.4. The molecule has 9 heteroatoms. The van der Waals surface area contributed by atoms with Crippen LogP contribution in [0.15, 0.2) is 35.5 Å². The van der Waals surface area contributed by atoms with Crippen LogP contribution >= 0.6 is 22.6 Å². The topological polar surface area (TPSA) is 119 Å². The number of nitrogens with zero attached hydrogens (tertiary/aromatic N) is 1. The number of hydrogen-bond donors (Lipinski definition) is 2. The Morgan fingerprint density at radius 1 is 1.46 bits per heavy atom. The van der Waals surface area contributed by atoms with Crippen LogP contribution in [0.25, 0.3) is 0 Å². The van der Waals surface area contributed by atoms with Gasteiger partial charge in [0.1, 0.15) is 0 Å². The zero-order valence-electron chi connectivity index (χ0n) is 14.5. The van der Waals surface area contributed by atoms with E-state index in [4.69, 9.17) is 4.74 Å². The van der Waals surface area contributed by atoms with Crippen LogP contribution in [0.2, 0.25) is 0 Å². The fourth-order valence-corrected chi connectivity index (χ4v) is 4.12. The molecule has 0 radical (unpaired) electrons. The molecule has 0 aliphatic carbocycles. The van der Waals surface area contributed by atoms with E-state index in [0.717, 1.165) is 0 Å². The van der Waals surface area contributed by atoms with Gasteiger partial charge < -0.3 is 15.2 Å². The Kier molecular flexibility index (Phi) is 5.89. The summed E-state index contributed by atoms with van der Waals surface area (Å²) in [6.07, 6.45) is 0. The maximum atomic E-state index is 12.4. The normalized spacial score (nSPS) is 25.4. The molecule has 1 aliphatic heterocycles. The van der Waals surface area contributed by atoms with Gasteiger partial charge in [-0.25, -0.2) is 4.79 Å². The summed E-state index contributed by atoms with van der Waals surface area (Å²) in [5.41, 5.74) is 0.0587. The zero-order chi connectivity index (χ0) is 19.6. The van der Waals surface area contributed by atoms with Crippen molar-refractivity contribution in [1.82, 2.24) is 5.32 Å². The van der Waals surface area contributed by atoms with Crippen LogP contribution in [-0.2, 0) is 14.3 Å². The molecule has 8 nitrogen and oxygen atoms in total. The number of nitro groups is 1. The molecule has 0 bridgehead atoms. The third-order valence-electron chi connectivity index (χ3n) is 4.60. The second-order valence-corrected chi connectivity index (χ2v) is 7.11. The highest BCUT2D eigenvalue weighted by Gasteiger charge is 2.51. The quantitative estimate of drug-likeness (QED) is 0.222. The van der Waals surface area contributed by atoms with Gasteiger partial charge in [0.05, 0.1) is 29.1 Å². The summed E-state index contributed by atoms with van der Waals surface area (Å²) in [5, 5.41) is 24.2. The summed E-state index contributed by atoms with van der Waals surface area (Å²) < 4.78 is 5.31. The van der Waals surface area contributed by atoms with Gasteiger partial charge >= 0.3 is 11.9 Å². The largest absolute Gasteiger partial charge is 0.481 e. The minimum Gasteiger partial charge on any atom is -0.481 e. The number of hydrogen-bond acceptors (Lipinski definition) is 6. The standard InChI is InChI=1S/C17H19IN2O6/c1-9-12(16(23)26-3)13(10-5-4-6-11(7-10)20(24)25)14(15(21)22)17(2,8-18)19-9/h4-7,13-14,19H,8H2,1-3H3,(H,21,22). The average Bonchev–Trinajstić information content (AvgIpc) is 2.60. The summed E-state index contributed by atoms with van der Waals surface area (Å²) in [6.45, 7) is 3.44. The van der Waals surface area contributed by atoms with Crippen molar-refractivity contribution in [2.45, 2.75) is 25.3 Å². The Labute approximate surface area is 163 Å². The monoisotopic (exact) mass is 474 g/mol. The van der Waals surface area contributed by atoms with Crippen molar-refractivity contribution in [1.29, 1.82) is 0 Å². The third-order valence-corrected chi connectivity index (χ3v) is 6.18. The van der Waals surface area contributed by atoms with E-state index < -0.39 is 34.2 Å². The molecule has 0 saturated carbocycles. The Morgan fingerprint density at radius 3 is 2.62 bits per heavy atom. The number of aliphatic carboxylic acids is 1. The minimum absolute atomic E-state index is 0.164. The lowest BCUT2D eigenvalue weighted by Gasteiger charge is -2.45. The van der Waals surface area contributed by atoms with Gasteiger partial charge in [0.2, 0.25) is 0 Å². The molecule has 0 aromatic heterocycles. The molecule has 140 valence electrons. The van der Waals surface area contributed by atoms with Crippen molar-refractivity contribution in [3.63, 3.8) is 0 Å². The molecular weight excluding hydrogens is 455 g/mol. The summed E-state index contributed by atoms with van der Waals surface area (Å²) in [4.78, 5) is 35.1. The molecule has 1 aromatic carbocycles. The predicted molar refractivity (Wildman–Crippen MR) is 102 cm³/mol. The highest BCUT2D eigenvalue weighted by atomic mass is 127. The number of halogens is 1. The molecule has 0 saturated heterocycles. The van der Waals surface area contributed by atoms with E-state index in [1.165, 1.54) is 25.3 Å². The van der Waals surface area contributed by atoms with Gasteiger partial charge in [-0.05, 0) is 19.4 Å². The number of methoxy groups -OCH3 is 1. The number of allylic oxidation sites excluding steroid dienone is 1. The Morgan fingerprint density at radius 2 is 2.12 bits per heavy atom. The number of carbonyl (C=O) groups excluding carboxylic acids is 1. The van der Waals surface area contributed by atoms with Gasteiger partial charge in [-0.1, -0.05) is 34.7 Å². The summed E-state index contributed by atoms with van der Waals surface area (Å²) in [5.74, 6) is -3.64. The van der Waals surface area contributed by atoms with Gasteiger partial charge in [-0.3, -0.25) is 14.9 Å². The summed E-state index contributed by atoms with van der Waals surface area (Å²) in [6, 6.07) is 5.73. The SMILES string of the molecule is COC(=O)C1=C(C)NC(C)(CI)C(C(=O)O)C1c1cccc([N+](=O)[O-])c1. The number of non-ortho nitro benzene ring substituents is 1. The van der Waals surface area contributed by atoms with E-state index in [-0.39, 0.29) is 11.3 Å². The number of nitrogens with one attached hydrogen (secondary N) is 1. The first-order valence-corrected chi connectivity index (χ1v) is 9.29. The highest BCUT2D eigenvalue weighted by molar-refractivity contribution is 14.1. The first-order chi connectivity index (χ1) is 12.2. The van der Waals surface area contributed by atoms with Gasteiger partial charge in [0, 0.05) is 28.2 Å². The minimum atomic E-state index is -1.10. The third kappa shape index (κ3) is 3.53. The van der Waals surface area contributed by atoms with E-state index in [0.29, 0.717) is 15.7 Å². The van der Waals surface area contributed by atoms with Crippen molar-refractivity contribution in [2.24, 2.45) is 5.92 Å². The number of benzene rings is 1. The first kappa shape index (κ1) is 20.1. The van der Waals surface area contributed by atoms with Crippen molar-refractivity contribution >= 4 is 40.2 Å². The van der Waals surface area contributed by atoms with Crippen LogP contribution in [0.3, 0.4) is 0 Å². The van der Waals surface area contributed by atoms with Crippen LogP contribution in [0.4, 0.5) is 5.69 Å². The number of carboxylic acid groups (broad SMARTS) is 1. The Bertz CT molecular complexity index is 793. The van der Waals surface area contributed by atoms with E-state index in [1.54, 1.807) is 19.9 Å². The molecule has 0 fully saturated rings. The van der Waals surface area contributed by atoms with Crippen LogP contribution in [0.5, 0.6) is 0 Å². The smallest absolute Gasteiger partial charge is 0.336 e. The van der Waals surface area contributed by atoms with Crippen molar-refractivity contribution < 1.29 is 24.4 Å². The number of carbonyl (C=O) groups is 2. The van der Waals surface area contributed by atoms with Crippen LogP contribution in [0.1, 0.15) is 25.3 Å². The van der Waals surface area contributed by atoms with Gasteiger partial charge in [0.25, 0.3) is 5.69 Å². The van der Waals surface area contributed by atoms with Crippen LogP contribution in [-0.4, -0.2) is 39.0 Å². The summed E-state index contributed by atoms with van der Waals surface area (Å²) >= 11 is 2.09. The fraction of sp³-hybridized carbons (Fsp3) is 0.412. The average molecular weight is 474 g/mol. The number of esters is 1. The van der Waals surface area contributed by atoms with E-state index in [1.807, 2.05) is 0 Å². The lowest BCUT2D eigenvalue weighted by atomic mass is 9.68. The van der Waals surface area contributed by atoms with Crippen LogP contribution < -0.4 is 5.32 Å². The van der Waals surface area contributed by atoms with Crippen molar-refractivity contribution in [3.8, 4) is 0 Å². The maximum Gasteiger partial charge on any atom is 0.336 e. The molecular formula is C17H19IN2O6. The molecule has 0 spiro atoms. The first-order valence-electron chi connectivity index (χ1n) is 7.76.